The number of halogens is 1. The van der Waals surface area contributed by atoms with Gasteiger partial charge in [-0.15, -0.1) is 11.8 Å². The number of nitrogens with one attached hydrogen (secondary N) is 2. The zero-order chi connectivity index (χ0) is 26.8. The molecular formula is C27H31ClN2O5S2. The van der Waals surface area contributed by atoms with Gasteiger partial charge in [0.2, 0.25) is 15.9 Å². The average Bonchev–Trinajstić information content (AvgIpc) is 3.23. The molecule has 2 aromatic carbocycles. The quantitative estimate of drug-likeness (QED) is 0.332. The number of allylic oxidation sites excluding steroid dienone is 1. The van der Waals surface area contributed by atoms with E-state index in [1.54, 1.807) is 32.1 Å². The first-order valence-electron chi connectivity index (χ1n) is 12.2. The van der Waals surface area contributed by atoms with E-state index in [4.69, 9.17) is 11.6 Å². The first kappa shape index (κ1) is 27.7. The van der Waals surface area contributed by atoms with E-state index >= 15 is 0 Å². The van der Waals surface area contributed by atoms with Gasteiger partial charge >= 0.3 is 5.97 Å². The summed E-state index contributed by atoms with van der Waals surface area (Å²) in [6.07, 6.45) is 3.22. The fourth-order valence-corrected chi connectivity index (χ4v) is 8.29. The maximum Gasteiger partial charge on any atom is 0.325 e. The zero-order valence-corrected chi connectivity index (χ0v) is 23.1. The Bertz CT molecular complexity index is 1300. The molecule has 1 saturated carbocycles. The number of aliphatic carboxylic acids is 1. The van der Waals surface area contributed by atoms with Crippen LogP contribution in [0.5, 0.6) is 0 Å². The van der Waals surface area contributed by atoms with Crippen LogP contribution in [0, 0.1) is 5.92 Å². The molecule has 1 aliphatic heterocycles. The maximum absolute atomic E-state index is 13.5. The summed E-state index contributed by atoms with van der Waals surface area (Å²) in [5.74, 6) is -1.43. The van der Waals surface area contributed by atoms with Gasteiger partial charge in [0.1, 0.15) is 9.78 Å². The standard InChI is InChI=1S/C27H31ClN2O5S2/c1-18(2)24(31)29-16-6-15-26(20-7-4-3-5-8-20)17-27(26,25(32)33)30-37(34,35)23-14-13-22(36-23)19-9-11-21(28)12-10-19/h3-5,7-12,14,18,22,30H,6,13,15-17H2,1-2H3,(H,29,31)(H,32,33). The van der Waals surface area contributed by atoms with E-state index in [1.165, 1.54) is 11.8 Å². The fraction of sp³-hybridized carbons (Fsp3) is 0.407. The Labute approximate surface area is 227 Å². The van der Waals surface area contributed by atoms with Crippen molar-refractivity contribution in [2.45, 2.75) is 55.7 Å². The van der Waals surface area contributed by atoms with Crippen molar-refractivity contribution < 1.29 is 23.1 Å². The molecular weight excluding hydrogens is 532 g/mol. The molecule has 3 unspecified atom stereocenters. The molecule has 1 amide bonds. The van der Waals surface area contributed by atoms with Crippen LogP contribution in [-0.2, 0) is 25.0 Å². The van der Waals surface area contributed by atoms with Crippen molar-refractivity contribution in [1.82, 2.24) is 10.0 Å². The minimum Gasteiger partial charge on any atom is -0.480 e. The zero-order valence-electron chi connectivity index (χ0n) is 20.7. The van der Waals surface area contributed by atoms with Crippen LogP contribution < -0.4 is 10.0 Å². The number of carboxylic acids is 1. The summed E-state index contributed by atoms with van der Waals surface area (Å²) in [5.41, 5.74) is -0.871. The Morgan fingerprint density at radius 3 is 2.43 bits per heavy atom. The lowest BCUT2D eigenvalue weighted by molar-refractivity contribution is -0.140. The highest BCUT2D eigenvalue weighted by Gasteiger charge is 2.74. The van der Waals surface area contributed by atoms with Crippen molar-refractivity contribution in [2.24, 2.45) is 5.92 Å². The van der Waals surface area contributed by atoms with Gasteiger partial charge < -0.3 is 10.4 Å². The van der Waals surface area contributed by atoms with Crippen molar-refractivity contribution in [2.75, 3.05) is 6.54 Å². The molecule has 2 aromatic rings. The fourth-order valence-electron chi connectivity index (χ4n) is 5.00. The Balaban J connectivity index is 1.54. The maximum atomic E-state index is 13.5. The number of carbonyl (C=O) groups excluding carboxylic acids is 1. The van der Waals surface area contributed by atoms with E-state index in [-0.39, 0.29) is 27.7 Å². The van der Waals surface area contributed by atoms with Crippen LogP contribution in [0.1, 0.15) is 55.9 Å². The van der Waals surface area contributed by atoms with Crippen molar-refractivity contribution in [3.05, 3.63) is 81.1 Å². The molecule has 0 saturated heterocycles. The summed E-state index contributed by atoms with van der Waals surface area (Å²) in [6, 6.07) is 16.4. The highest BCUT2D eigenvalue weighted by atomic mass is 35.5. The molecule has 198 valence electrons. The number of thioether (sulfide) groups is 1. The van der Waals surface area contributed by atoms with E-state index < -0.39 is 26.9 Å². The van der Waals surface area contributed by atoms with Crippen LogP contribution in [-0.4, -0.2) is 37.5 Å². The minimum atomic E-state index is -4.09. The minimum absolute atomic E-state index is 0.0739. The molecule has 2 aliphatic rings. The molecule has 0 spiro atoms. The predicted octanol–water partition coefficient (Wildman–Crippen LogP) is 5.00. The van der Waals surface area contributed by atoms with Crippen LogP contribution in [0.3, 0.4) is 0 Å². The molecule has 7 nitrogen and oxygen atoms in total. The van der Waals surface area contributed by atoms with Crippen molar-refractivity contribution in [3.63, 3.8) is 0 Å². The molecule has 0 aromatic heterocycles. The molecule has 1 fully saturated rings. The lowest BCUT2D eigenvalue weighted by Crippen LogP contribution is -2.49. The molecule has 3 atom stereocenters. The van der Waals surface area contributed by atoms with Crippen LogP contribution in [0.15, 0.2) is 64.9 Å². The molecule has 37 heavy (non-hydrogen) atoms. The van der Waals surface area contributed by atoms with Gasteiger partial charge in [-0.1, -0.05) is 74.0 Å². The van der Waals surface area contributed by atoms with Crippen LogP contribution in [0.25, 0.3) is 0 Å². The van der Waals surface area contributed by atoms with Crippen LogP contribution in [0.2, 0.25) is 5.02 Å². The Morgan fingerprint density at radius 2 is 1.81 bits per heavy atom. The summed E-state index contributed by atoms with van der Waals surface area (Å²) in [5, 5.41) is 13.7. The summed E-state index contributed by atoms with van der Waals surface area (Å²) < 4.78 is 29.7. The first-order chi connectivity index (χ1) is 17.5. The summed E-state index contributed by atoms with van der Waals surface area (Å²) in [6.45, 7) is 4.00. The lowest BCUT2D eigenvalue weighted by atomic mass is 9.86. The highest BCUT2D eigenvalue weighted by Crippen LogP contribution is 2.61. The third-order valence-electron chi connectivity index (χ3n) is 7.13. The molecule has 3 N–H and O–H groups in total. The summed E-state index contributed by atoms with van der Waals surface area (Å²) in [7, 11) is -4.09. The monoisotopic (exact) mass is 562 g/mol. The van der Waals surface area contributed by atoms with E-state index in [1.807, 2.05) is 42.5 Å². The second kappa shape index (κ2) is 10.8. The van der Waals surface area contributed by atoms with Gasteiger partial charge in [-0.05, 0) is 48.9 Å². The summed E-state index contributed by atoms with van der Waals surface area (Å²) >= 11 is 7.19. The van der Waals surface area contributed by atoms with Gasteiger partial charge in [0.15, 0.2) is 0 Å². The Hall–Kier alpha value is -2.33. The largest absolute Gasteiger partial charge is 0.480 e. The molecule has 0 radical (unpaired) electrons. The Morgan fingerprint density at radius 1 is 1.14 bits per heavy atom. The number of amides is 1. The molecule has 10 heteroatoms. The second-order valence-corrected chi connectivity index (χ2v) is 13.5. The van der Waals surface area contributed by atoms with E-state index in [0.29, 0.717) is 30.8 Å². The van der Waals surface area contributed by atoms with Gasteiger partial charge in [-0.2, -0.15) is 4.72 Å². The van der Waals surface area contributed by atoms with Gasteiger partial charge in [0.25, 0.3) is 0 Å². The normalized spacial score (nSPS) is 25.1. The van der Waals surface area contributed by atoms with Gasteiger partial charge in [-0.25, -0.2) is 8.42 Å². The second-order valence-electron chi connectivity index (χ2n) is 9.91. The topological polar surface area (TPSA) is 113 Å². The lowest BCUT2D eigenvalue weighted by Gasteiger charge is -2.25. The number of benzene rings is 2. The number of hydrogen-bond donors (Lipinski definition) is 3. The van der Waals surface area contributed by atoms with Gasteiger partial charge in [0.05, 0.1) is 0 Å². The number of carbonyl (C=O) groups is 2. The van der Waals surface area contributed by atoms with Crippen LogP contribution in [0.4, 0.5) is 0 Å². The molecule has 4 rings (SSSR count). The smallest absolute Gasteiger partial charge is 0.325 e. The third-order valence-corrected chi connectivity index (χ3v) is 10.8. The van der Waals surface area contributed by atoms with E-state index in [2.05, 4.69) is 10.0 Å². The molecule has 0 bridgehead atoms. The summed E-state index contributed by atoms with van der Waals surface area (Å²) in [4.78, 5) is 24.6. The SMILES string of the molecule is CC(C)C(=O)NCCCC1(c2ccccc2)CC1(NS(=O)(=O)C1=CCC(c2ccc(Cl)cc2)S1)C(=O)O. The number of sulfonamides is 1. The van der Waals surface area contributed by atoms with Crippen molar-refractivity contribution >= 4 is 45.3 Å². The Kier molecular flexibility index (Phi) is 8.09. The predicted molar refractivity (Wildman–Crippen MR) is 147 cm³/mol. The first-order valence-corrected chi connectivity index (χ1v) is 15.0. The van der Waals surface area contributed by atoms with Crippen molar-refractivity contribution in [3.8, 4) is 0 Å². The van der Waals surface area contributed by atoms with Gasteiger partial charge in [0, 0.05) is 28.2 Å². The third kappa shape index (κ3) is 5.60. The van der Waals surface area contributed by atoms with Gasteiger partial charge in [-0.3, -0.25) is 9.59 Å². The number of hydrogen-bond acceptors (Lipinski definition) is 5. The number of carboxylic acid groups (broad SMARTS) is 1. The van der Waals surface area contributed by atoms with E-state index in [0.717, 1.165) is 11.1 Å². The van der Waals surface area contributed by atoms with Crippen LogP contribution >= 0.6 is 23.4 Å². The molecule has 1 heterocycles. The number of rotatable bonds is 11. The van der Waals surface area contributed by atoms with E-state index in [9.17, 15) is 23.1 Å². The highest BCUT2D eigenvalue weighted by molar-refractivity contribution is 8.18. The average molecular weight is 563 g/mol. The molecule has 1 aliphatic carbocycles. The van der Waals surface area contributed by atoms with Crippen molar-refractivity contribution in [1.29, 1.82) is 0 Å².